The maximum Gasteiger partial charge on any atom is 0.237 e. The molecule has 0 aliphatic heterocycles. The zero-order chi connectivity index (χ0) is 21.3. The zero-order valence-corrected chi connectivity index (χ0v) is 18.1. The van der Waals surface area contributed by atoms with Crippen LogP contribution < -0.4 is 0 Å². The van der Waals surface area contributed by atoms with Gasteiger partial charge in [0.2, 0.25) is 5.89 Å². The third-order valence-corrected chi connectivity index (χ3v) is 5.42. The Morgan fingerprint density at radius 1 is 1.03 bits per heavy atom. The molecule has 0 bridgehead atoms. The lowest BCUT2D eigenvalue weighted by Crippen LogP contribution is -2.13. The molecule has 4 aromatic rings. The van der Waals surface area contributed by atoms with Crippen molar-refractivity contribution in [2.75, 3.05) is 0 Å². The van der Waals surface area contributed by atoms with Crippen LogP contribution in [0.25, 0.3) is 17.1 Å². The molecule has 154 valence electrons. The smallest absolute Gasteiger partial charge is 0.237 e. The highest BCUT2D eigenvalue weighted by atomic mass is 32.2. The predicted octanol–water partition coefficient (Wildman–Crippen LogP) is 5.35. The maximum atomic E-state index is 14.5. The molecule has 0 aliphatic rings. The van der Waals surface area contributed by atoms with Crippen molar-refractivity contribution in [3.63, 3.8) is 0 Å². The number of hydrogen-bond acceptors (Lipinski definition) is 6. The first kappa shape index (κ1) is 20.3. The van der Waals surface area contributed by atoms with E-state index in [2.05, 4.69) is 20.3 Å². The van der Waals surface area contributed by atoms with Gasteiger partial charge in [0.05, 0.1) is 11.3 Å². The van der Waals surface area contributed by atoms with Crippen LogP contribution in [0.1, 0.15) is 38.0 Å². The lowest BCUT2D eigenvalue weighted by molar-refractivity contribution is 0.372. The van der Waals surface area contributed by atoms with Gasteiger partial charge in [0, 0.05) is 11.1 Å². The topological polar surface area (TPSA) is 69.6 Å². The number of halogens is 1. The van der Waals surface area contributed by atoms with Gasteiger partial charge >= 0.3 is 0 Å². The van der Waals surface area contributed by atoms with E-state index in [1.54, 1.807) is 18.2 Å². The summed E-state index contributed by atoms with van der Waals surface area (Å²) < 4.78 is 21.7. The molecule has 0 atom stereocenters. The van der Waals surface area contributed by atoms with Crippen molar-refractivity contribution in [3.8, 4) is 17.1 Å². The van der Waals surface area contributed by atoms with Gasteiger partial charge in [-0.25, -0.2) is 4.39 Å². The van der Waals surface area contributed by atoms with E-state index in [0.29, 0.717) is 34.0 Å². The molecule has 30 heavy (non-hydrogen) atoms. The fraction of sp³-hybridized carbons (Fsp3) is 0.273. The Morgan fingerprint density at radius 3 is 2.43 bits per heavy atom. The largest absolute Gasteiger partial charge is 0.338 e. The number of rotatable bonds is 5. The quantitative estimate of drug-likeness (QED) is 0.403. The molecule has 2 aromatic carbocycles. The third-order valence-electron chi connectivity index (χ3n) is 4.50. The van der Waals surface area contributed by atoms with Crippen molar-refractivity contribution in [1.82, 2.24) is 24.9 Å². The van der Waals surface area contributed by atoms with E-state index in [1.807, 2.05) is 56.5 Å². The van der Waals surface area contributed by atoms with E-state index in [4.69, 9.17) is 4.52 Å². The summed E-state index contributed by atoms with van der Waals surface area (Å²) >= 11 is 1.42. The number of hydrogen-bond donors (Lipinski definition) is 0. The summed E-state index contributed by atoms with van der Waals surface area (Å²) in [5.74, 6) is 1.70. The van der Waals surface area contributed by atoms with Gasteiger partial charge in [-0.3, -0.25) is 4.57 Å². The van der Waals surface area contributed by atoms with Crippen LogP contribution in [0.15, 0.2) is 58.2 Å². The van der Waals surface area contributed by atoms with Crippen LogP contribution in [0.4, 0.5) is 4.39 Å². The predicted molar refractivity (Wildman–Crippen MR) is 114 cm³/mol. The first-order valence-corrected chi connectivity index (χ1v) is 10.5. The molecule has 0 N–H and O–H groups in total. The molecule has 0 unspecified atom stereocenters. The Kier molecular flexibility index (Phi) is 5.42. The summed E-state index contributed by atoms with van der Waals surface area (Å²) in [5, 5.41) is 13.3. The molecule has 0 saturated carbocycles. The minimum Gasteiger partial charge on any atom is -0.338 e. The maximum absolute atomic E-state index is 14.5. The average Bonchev–Trinajstić information content (AvgIpc) is 3.34. The van der Waals surface area contributed by atoms with Gasteiger partial charge in [0.25, 0.3) is 0 Å². The molecule has 0 fully saturated rings. The lowest BCUT2D eigenvalue weighted by atomic mass is 9.96. The summed E-state index contributed by atoms with van der Waals surface area (Å²) in [4.78, 5) is 4.47. The number of benzene rings is 2. The Morgan fingerprint density at radius 2 is 1.77 bits per heavy atom. The van der Waals surface area contributed by atoms with Crippen LogP contribution in [0.2, 0.25) is 0 Å². The van der Waals surface area contributed by atoms with E-state index in [1.165, 1.54) is 17.8 Å². The van der Waals surface area contributed by atoms with Crippen molar-refractivity contribution in [1.29, 1.82) is 0 Å². The summed E-state index contributed by atoms with van der Waals surface area (Å²) in [6.45, 7) is 8.11. The van der Waals surface area contributed by atoms with Gasteiger partial charge in [0.15, 0.2) is 16.8 Å². The summed E-state index contributed by atoms with van der Waals surface area (Å²) in [7, 11) is 0. The Balaban J connectivity index is 1.70. The monoisotopic (exact) mass is 423 g/mol. The average molecular weight is 424 g/mol. The number of thioether (sulfide) groups is 1. The molecule has 0 aliphatic carbocycles. The lowest BCUT2D eigenvalue weighted by Gasteiger charge is -2.11. The molecule has 0 spiro atoms. The molecule has 0 amide bonds. The van der Waals surface area contributed by atoms with Crippen molar-refractivity contribution >= 4 is 11.8 Å². The van der Waals surface area contributed by atoms with E-state index in [0.717, 1.165) is 11.3 Å². The summed E-state index contributed by atoms with van der Waals surface area (Å²) in [6.07, 6.45) is 0. The van der Waals surface area contributed by atoms with Crippen LogP contribution >= 0.6 is 11.8 Å². The molecular formula is C22H22FN5OS. The molecule has 4 rings (SSSR count). The van der Waals surface area contributed by atoms with Gasteiger partial charge < -0.3 is 4.52 Å². The molecule has 0 radical (unpaired) electrons. The van der Waals surface area contributed by atoms with Gasteiger partial charge in [-0.2, -0.15) is 4.98 Å². The van der Waals surface area contributed by atoms with Gasteiger partial charge in [-0.05, 0) is 31.2 Å². The molecule has 8 heteroatoms. The second-order valence-corrected chi connectivity index (χ2v) is 8.95. The highest BCUT2D eigenvalue weighted by Gasteiger charge is 2.22. The van der Waals surface area contributed by atoms with Crippen molar-refractivity contribution in [2.45, 2.75) is 44.0 Å². The summed E-state index contributed by atoms with van der Waals surface area (Å²) in [6, 6.07) is 14.5. The Hall–Kier alpha value is -3.00. The molecule has 0 saturated heterocycles. The van der Waals surface area contributed by atoms with E-state index in [9.17, 15) is 4.39 Å². The first-order valence-electron chi connectivity index (χ1n) is 9.56. The normalized spacial score (nSPS) is 11.8. The van der Waals surface area contributed by atoms with Gasteiger partial charge in [0.1, 0.15) is 5.82 Å². The number of aromatic nitrogens is 5. The second kappa shape index (κ2) is 8.02. The van der Waals surface area contributed by atoms with Gasteiger partial charge in [-0.15, -0.1) is 10.2 Å². The van der Waals surface area contributed by atoms with E-state index >= 15 is 0 Å². The fourth-order valence-electron chi connectivity index (χ4n) is 2.85. The third kappa shape index (κ3) is 4.14. The number of nitrogens with zero attached hydrogens (tertiary/aromatic N) is 5. The van der Waals surface area contributed by atoms with Crippen molar-refractivity contribution < 1.29 is 8.91 Å². The SMILES string of the molecule is Cc1ccc(-n2c(SCc3nc(C(C)(C)C)no3)nnc2-c2ccccc2F)cc1. The fourth-order valence-corrected chi connectivity index (χ4v) is 3.64. The standard InChI is InChI=1S/C22H22FN5OS/c1-14-9-11-15(12-10-14)28-19(16-7-5-6-8-17(16)23)25-26-21(28)30-13-18-24-20(27-29-18)22(2,3)4/h5-12H,13H2,1-4H3. The van der Waals surface area contributed by atoms with E-state index in [-0.39, 0.29) is 11.2 Å². The van der Waals surface area contributed by atoms with Crippen LogP contribution in [0.3, 0.4) is 0 Å². The van der Waals surface area contributed by atoms with Crippen LogP contribution in [0.5, 0.6) is 0 Å². The minimum absolute atomic E-state index is 0.188. The Labute approximate surface area is 178 Å². The summed E-state index contributed by atoms with van der Waals surface area (Å²) in [5.41, 5.74) is 2.19. The van der Waals surface area contributed by atoms with E-state index < -0.39 is 0 Å². The number of aryl methyl sites for hydroxylation is 1. The molecule has 2 aromatic heterocycles. The zero-order valence-electron chi connectivity index (χ0n) is 17.3. The molecule has 2 heterocycles. The van der Waals surface area contributed by atoms with Gasteiger partial charge in [-0.1, -0.05) is 67.5 Å². The first-order chi connectivity index (χ1) is 14.3. The van der Waals surface area contributed by atoms with Crippen molar-refractivity contribution in [2.24, 2.45) is 0 Å². The van der Waals surface area contributed by atoms with Crippen molar-refractivity contribution in [3.05, 3.63) is 71.6 Å². The molecular weight excluding hydrogens is 401 g/mol. The van der Waals surface area contributed by atoms with Crippen LogP contribution in [0, 0.1) is 12.7 Å². The van der Waals surface area contributed by atoms with Crippen LogP contribution in [-0.2, 0) is 11.2 Å². The minimum atomic E-state index is -0.346. The van der Waals surface area contributed by atoms with Crippen LogP contribution in [-0.4, -0.2) is 24.9 Å². The second-order valence-electron chi connectivity index (χ2n) is 8.01. The Bertz CT molecular complexity index is 1160. The molecule has 6 nitrogen and oxygen atoms in total. The highest BCUT2D eigenvalue weighted by molar-refractivity contribution is 7.98. The highest BCUT2D eigenvalue weighted by Crippen LogP contribution is 2.31.